The molecule has 0 saturated carbocycles. The molecule has 2 unspecified atom stereocenters. The highest BCUT2D eigenvalue weighted by molar-refractivity contribution is 7.18. The second kappa shape index (κ2) is 7.04. The lowest BCUT2D eigenvalue weighted by Gasteiger charge is -2.09. The molecular formula is C16H24N2OS. The number of benzene rings is 1. The van der Waals surface area contributed by atoms with Crippen molar-refractivity contribution in [1.29, 1.82) is 0 Å². The van der Waals surface area contributed by atoms with Crippen molar-refractivity contribution in [3.05, 3.63) is 23.2 Å². The summed E-state index contributed by atoms with van der Waals surface area (Å²) in [5.41, 5.74) is 6.87. The van der Waals surface area contributed by atoms with Gasteiger partial charge in [-0.1, -0.05) is 13.3 Å². The number of nitrogens with zero attached hydrogens (tertiary/aromatic N) is 1. The van der Waals surface area contributed by atoms with Gasteiger partial charge in [-0.15, -0.1) is 11.3 Å². The fraction of sp³-hybridized carbons (Fsp3) is 0.562. The minimum absolute atomic E-state index is 0.298. The van der Waals surface area contributed by atoms with Crippen LogP contribution in [0.1, 0.15) is 51.0 Å². The highest BCUT2D eigenvalue weighted by Gasteiger charge is 2.12. The topological polar surface area (TPSA) is 48.1 Å². The minimum atomic E-state index is 0.298. The Labute approximate surface area is 125 Å². The number of rotatable bonds is 7. The molecule has 0 aliphatic rings. The zero-order chi connectivity index (χ0) is 14.5. The Morgan fingerprint density at radius 1 is 1.30 bits per heavy atom. The van der Waals surface area contributed by atoms with Crippen LogP contribution in [0.25, 0.3) is 10.2 Å². The normalized spacial score (nSPS) is 14.4. The van der Waals surface area contributed by atoms with Gasteiger partial charge in [-0.3, -0.25) is 0 Å². The molecule has 20 heavy (non-hydrogen) atoms. The van der Waals surface area contributed by atoms with E-state index in [1.54, 1.807) is 11.3 Å². The third-order valence-corrected chi connectivity index (χ3v) is 4.66. The number of ether oxygens (including phenoxy) is 1. The summed E-state index contributed by atoms with van der Waals surface area (Å²) in [6, 6.07) is 6.44. The maximum atomic E-state index is 5.80. The van der Waals surface area contributed by atoms with Crippen molar-refractivity contribution in [2.75, 3.05) is 6.61 Å². The Bertz CT molecular complexity index is 550. The maximum Gasteiger partial charge on any atom is 0.120 e. The van der Waals surface area contributed by atoms with Crippen LogP contribution in [0.15, 0.2) is 18.2 Å². The number of fused-ring (bicyclic) bond motifs is 1. The number of nitrogens with two attached hydrogens (primary N) is 1. The van der Waals surface area contributed by atoms with Gasteiger partial charge in [0.2, 0.25) is 0 Å². The van der Waals surface area contributed by atoms with Crippen LogP contribution in [0.2, 0.25) is 0 Å². The predicted molar refractivity (Wildman–Crippen MR) is 86.7 cm³/mol. The van der Waals surface area contributed by atoms with Crippen molar-refractivity contribution in [3.8, 4) is 5.75 Å². The Hall–Kier alpha value is -1.13. The molecule has 0 radical (unpaired) electrons. The summed E-state index contributed by atoms with van der Waals surface area (Å²) in [4.78, 5) is 4.74. The van der Waals surface area contributed by atoms with Crippen molar-refractivity contribution in [3.63, 3.8) is 0 Å². The van der Waals surface area contributed by atoms with E-state index in [2.05, 4.69) is 26.0 Å². The fourth-order valence-electron chi connectivity index (χ4n) is 2.26. The first-order valence-corrected chi connectivity index (χ1v) is 8.20. The Kier molecular flexibility index (Phi) is 5.38. The van der Waals surface area contributed by atoms with E-state index in [4.69, 9.17) is 15.5 Å². The molecule has 4 heteroatoms. The van der Waals surface area contributed by atoms with E-state index in [0.29, 0.717) is 18.6 Å². The van der Waals surface area contributed by atoms with E-state index >= 15 is 0 Å². The first-order chi connectivity index (χ1) is 9.60. The van der Waals surface area contributed by atoms with E-state index in [1.807, 2.05) is 13.0 Å². The first-order valence-electron chi connectivity index (χ1n) is 7.39. The molecule has 2 N–H and O–H groups in total. The number of thiazole rings is 1. The third kappa shape index (κ3) is 3.93. The monoisotopic (exact) mass is 292 g/mol. The van der Waals surface area contributed by atoms with E-state index in [-0.39, 0.29) is 0 Å². The van der Waals surface area contributed by atoms with Gasteiger partial charge in [-0.2, -0.15) is 0 Å². The number of hydrogen-bond acceptors (Lipinski definition) is 4. The van der Waals surface area contributed by atoms with E-state index in [0.717, 1.165) is 24.1 Å². The lowest BCUT2D eigenvalue weighted by atomic mass is 10.0. The molecular weight excluding hydrogens is 268 g/mol. The Morgan fingerprint density at radius 3 is 2.80 bits per heavy atom. The third-order valence-electron chi connectivity index (χ3n) is 3.41. The molecule has 0 spiro atoms. The summed E-state index contributed by atoms with van der Waals surface area (Å²) >= 11 is 1.78. The van der Waals surface area contributed by atoms with E-state index in [1.165, 1.54) is 16.1 Å². The van der Waals surface area contributed by atoms with Gasteiger partial charge in [0.15, 0.2) is 0 Å². The molecule has 1 heterocycles. The lowest BCUT2D eigenvalue weighted by Crippen LogP contribution is -2.14. The summed E-state index contributed by atoms with van der Waals surface area (Å²) in [6.45, 7) is 7.02. The van der Waals surface area contributed by atoms with Crippen LogP contribution in [0.3, 0.4) is 0 Å². The van der Waals surface area contributed by atoms with Gasteiger partial charge in [0.05, 0.1) is 21.8 Å². The average Bonchev–Trinajstić information content (AvgIpc) is 2.81. The molecule has 3 nitrogen and oxygen atoms in total. The quantitative estimate of drug-likeness (QED) is 0.827. The molecule has 2 rings (SSSR count). The van der Waals surface area contributed by atoms with Gasteiger partial charge >= 0.3 is 0 Å². The molecule has 2 atom stereocenters. The van der Waals surface area contributed by atoms with Gasteiger partial charge in [-0.05, 0) is 44.9 Å². The molecule has 0 fully saturated rings. The molecule has 1 aromatic heterocycles. The van der Waals surface area contributed by atoms with Gasteiger partial charge in [-0.25, -0.2) is 4.98 Å². The smallest absolute Gasteiger partial charge is 0.120 e. The second-order valence-corrected chi connectivity index (χ2v) is 6.49. The van der Waals surface area contributed by atoms with Crippen molar-refractivity contribution in [2.45, 2.75) is 52.0 Å². The molecule has 110 valence electrons. The molecule has 0 aliphatic carbocycles. The van der Waals surface area contributed by atoms with Crippen molar-refractivity contribution in [2.24, 2.45) is 5.73 Å². The van der Waals surface area contributed by atoms with Gasteiger partial charge < -0.3 is 10.5 Å². The van der Waals surface area contributed by atoms with Crippen LogP contribution < -0.4 is 10.5 Å². The second-order valence-electron chi connectivity index (χ2n) is 5.42. The summed E-state index contributed by atoms with van der Waals surface area (Å²) < 4.78 is 6.75. The van der Waals surface area contributed by atoms with E-state index in [9.17, 15) is 0 Å². The molecule has 0 bridgehead atoms. The summed E-state index contributed by atoms with van der Waals surface area (Å²) in [7, 11) is 0. The maximum absolute atomic E-state index is 5.80. The van der Waals surface area contributed by atoms with Gasteiger partial charge in [0, 0.05) is 12.0 Å². The van der Waals surface area contributed by atoms with Crippen molar-refractivity contribution < 1.29 is 4.74 Å². The van der Waals surface area contributed by atoms with Crippen LogP contribution in [-0.4, -0.2) is 17.6 Å². The van der Waals surface area contributed by atoms with Crippen LogP contribution in [0.4, 0.5) is 0 Å². The van der Waals surface area contributed by atoms with Crippen molar-refractivity contribution >= 4 is 21.6 Å². The van der Waals surface area contributed by atoms with Crippen LogP contribution >= 0.6 is 11.3 Å². The largest absolute Gasteiger partial charge is 0.494 e. The molecule has 0 saturated heterocycles. The highest BCUT2D eigenvalue weighted by Crippen LogP contribution is 2.32. The minimum Gasteiger partial charge on any atom is -0.494 e. The Balaban J connectivity index is 2.06. The van der Waals surface area contributed by atoms with Crippen LogP contribution in [-0.2, 0) is 0 Å². The standard InChI is InChI=1S/C16H24N2OS/c1-4-19-13-8-9-14-15(10-13)20-16(18-14)11(2)6-5-7-12(3)17/h8-12H,4-7,17H2,1-3H3. The lowest BCUT2D eigenvalue weighted by molar-refractivity contribution is 0.341. The van der Waals surface area contributed by atoms with Crippen LogP contribution in [0, 0.1) is 0 Å². The van der Waals surface area contributed by atoms with Crippen LogP contribution in [0.5, 0.6) is 5.75 Å². The van der Waals surface area contributed by atoms with Gasteiger partial charge in [0.25, 0.3) is 0 Å². The summed E-state index contributed by atoms with van der Waals surface area (Å²) in [6.07, 6.45) is 3.41. The average molecular weight is 292 g/mol. The molecule has 1 aromatic carbocycles. The highest BCUT2D eigenvalue weighted by atomic mass is 32.1. The number of hydrogen-bond donors (Lipinski definition) is 1. The SMILES string of the molecule is CCOc1ccc2nc(C(C)CCCC(C)N)sc2c1. The molecule has 2 aromatic rings. The Morgan fingerprint density at radius 2 is 2.10 bits per heavy atom. The fourth-order valence-corrected chi connectivity index (χ4v) is 3.34. The predicted octanol–water partition coefficient (Wildman–Crippen LogP) is 4.32. The zero-order valence-electron chi connectivity index (χ0n) is 12.6. The molecule has 0 amide bonds. The first kappa shape index (κ1) is 15.3. The molecule has 0 aliphatic heterocycles. The van der Waals surface area contributed by atoms with Gasteiger partial charge in [0.1, 0.15) is 5.75 Å². The summed E-state index contributed by atoms with van der Waals surface area (Å²) in [5.74, 6) is 1.43. The summed E-state index contributed by atoms with van der Waals surface area (Å²) in [5, 5.41) is 1.22. The zero-order valence-corrected chi connectivity index (χ0v) is 13.4. The van der Waals surface area contributed by atoms with E-state index < -0.39 is 0 Å². The number of aromatic nitrogens is 1. The van der Waals surface area contributed by atoms with Crippen molar-refractivity contribution in [1.82, 2.24) is 4.98 Å².